The third-order valence-corrected chi connectivity index (χ3v) is 10.8. The molecule has 12 rings (SSSR count). The number of para-hydroxylation sites is 4. The van der Waals surface area contributed by atoms with E-state index in [1.54, 1.807) is 0 Å². The lowest BCUT2D eigenvalue weighted by Crippen LogP contribution is -2.62. The molecular weight excluding hydrogens is 557 g/mol. The largest absolute Gasteiger partial charge is 0.376 e. The molecule has 4 heteroatoms. The molecule has 3 aliphatic heterocycles. The van der Waals surface area contributed by atoms with Gasteiger partial charge in [0.15, 0.2) is 0 Å². The number of rotatable bonds is 1. The topological polar surface area (TPSA) is 13.1 Å². The van der Waals surface area contributed by atoms with Crippen LogP contribution in [0.2, 0.25) is 0 Å². The molecule has 3 aliphatic rings. The summed E-state index contributed by atoms with van der Waals surface area (Å²) < 4.78 is 5.02. The van der Waals surface area contributed by atoms with E-state index in [4.69, 9.17) is 0 Å². The van der Waals surface area contributed by atoms with E-state index in [-0.39, 0.29) is 6.85 Å². The van der Waals surface area contributed by atoms with E-state index in [1.807, 2.05) is 0 Å². The van der Waals surface area contributed by atoms with Crippen LogP contribution >= 0.6 is 0 Å². The molecule has 5 heterocycles. The average molecular weight is 581 g/mol. The minimum Gasteiger partial charge on any atom is -0.376 e. The maximum absolute atomic E-state index is 2.62. The Kier molecular flexibility index (Phi) is 4.06. The second-order valence-electron chi connectivity index (χ2n) is 12.8. The van der Waals surface area contributed by atoms with E-state index in [9.17, 15) is 0 Å². The molecule has 46 heavy (non-hydrogen) atoms. The summed E-state index contributed by atoms with van der Waals surface area (Å²) in [4.78, 5) is 2.62. The molecule has 0 radical (unpaired) electrons. The first kappa shape index (κ1) is 23.4. The van der Waals surface area contributed by atoms with Crippen LogP contribution in [0.25, 0.3) is 77.2 Å². The van der Waals surface area contributed by atoms with Gasteiger partial charge in [-0.3, -0.25) is 0 Å². The zero-order chi connectivity index (χ0) is 29.7. The Bertz CT molecular complexity index is 2820. The summed E-state index contributed by atoms with van der Waals surface area (Å²) in [6.45, 7) is 0.104. The third-order valence-electron chi connectivity index (χ3n) is 10.8. The van der Waals surface area contributed by atoms with Crippen molar-refractivity contribution in [2.75, 3.05) is 4.81 Å². The van der Waals surface area contributed by atoms with Gasteiger partial charge in [-0.1, -0.05) is 97.1 Å². The summed E-state index contributed by atoms with van der Waals surface area (Å²) in [5.41, 5.74) is 18.2. The molecule has 2 aromatic heterocycles. The van der Waals surface area contributed by atoms with Crippen LogP contribution in [0.5, 0.6) is 0 Å². The standard InChI is InChI=1S/C42H24BN3/c1-2-11-25(12-3-1)44-32-17-7-6-15-30(32)38-35(44)23-24-36-39(38)31-22-21-29-27-14-5-9-19-34(27)46-33-18-8-4-13-26(33)28-16-10-20-37-40(28)43(46)41(29)42(31)45(36)37/h1-24H. The van der Waals surface area contributed by atoms with Gasteiger partial charge in [-0.25, -0.2) is 0 Å². The summed E-state index contributed by atoms with van der Waals surface area (Å²) in [6, 6.07) is 54.1. The predicted molar refractivity (Wildman–Crippen MR) is 193 cm³/mol. The first-order chi connectivity index (χ1) is 22.9. The van der Waals surface area contributed by atoms with Gasteiger partial charge in [0.1, 0.15) is 0 Å². The van der Waals surface area contributed by atoms with Crippen LogP contribution in [-0.2, 0) is 0 Å². The molecule has 7 aromatic carbocycles. The maximum atomic E-state index is 2.62. The Morgan fingerprint density at radius 1 is 0.370 bits per heavy atom. The average Bonchev–Trinajstić information content (AvgIpc) is 3.64. The molecule has 210 valence electrons. The monoisotopic (exact) mass is 581 g/mol. The highest BCUT2D eigenvalue weighted by molar-refractivity contribution is 6.95. The minimum absolute atomic E-state index is 0.104. The van der Waals surface area contributed by atoms with Crippen molar-refractivity contribution in [3.63, 3.8) is 0 Å². The van der Waals surface area contributed by atoms with Crippen LogP contribution < -0.4 is 15.7 Å². The quantitative estimate of drug-likeness (QED) is 0.176. The number of nitrogens with zero attached hydrogens (tertiary/aromatic N) is 3. The highest BCUT2D eigenvalue weighted by atomic mass is 15.1. The molecule has 0 saturated carbocycles. The summed E-state index contributed by atoms with van der Waals surface area (Å²) >= 11 is 0. The summed E-state index contributed by atoms with van der Waals surface area (Å²) in [7, 11) is 0. The Morgan fingerprint density at radius 2 is 0.978 bits per heavy atom. The van der Waals surface area contributed by atoms with Gasteiger partial charge in [0.05, 0.1) is 22.1 Å². The molecule has 0 N–H and O–H groups in total. The van der Waals surface area contributed by atoms with E-state index < -0.39 is 0 Å². The van der Waals surface area contributed by atoms with Gasteiger partial charge in [-0.2, -0.15) is 0 Å². The first-order valence-corrected chi connectivity index (χ1v) is 16.1. The van der Waals surface area contributed by atoms with Gasteiger partial charge in [0.2, 0.25) is 0 Å². The van der Waals surface area contributed by atoms with E-state index >= 15 is 0 Å². The van der Waals surface area contributed by atoms with E-state index in [2.05, 4.69) is 160 Å². The van der Waals surface area contributed by atoms with E-state index in [1.165, 1.54) is 99.5 Å². The Balaban J connectivity index is 1.33. The molecule has 0 unspecified atom stereocenters. The fourth-order valence-electron chi connectivity index (χ4n) is 9.20. The van der Waals surface area contributed by atoms with Crippen LogP contribution in [0.1, 0.15) is 0 Å². The smallest absolute Gasteiger partial charge is 0.333 e. The van der Waals surface area contributed by atoms with Gasteiger partial charge in [-0.15, -0.1) is 0 Å². The minimum atomic E-state index is 0.104. The lowest BCUT2D eigenvalue weighted by atomic mass is 9.41. The Hall–Kier alpha value is -6.00. The second-order valence-corrected chi connectivity index (χ2v) is 12.8. The first-order valence-electron chi connectivity index (χ1n) is 16.1. The van der Waals surface area contributed by atoms with Crippen molar-refractivity contribution in [1.82, 2.24) is 9.13 Å². The van der Waals surface area contributed by atoms with Crippen LogP contribution in [0.3, 0.4) is 0 Å². The number of benzene rings is 7. The third kappa shape index (κ3) is 2.54. The van der Waals surface area contributed by atoms with Gasteiger partial charge >= 0.3 is 6.85 Å². The van der Waals surface area contributed by atoms with Crippen LogP contribution in [0, 0.1) is 0 Å². The number of hydrogen-bond donors (Lipinski definition) is 0. The summed E-state index contributed by atoms with van der Waals surface area (Å²) in [5.74, 6) is 0. The Morgan fingerprint density at radius 3 is 1.78 bits per heavy atom. The van der Waals surface area contributed by atoms with Crippen LogP contribution in [-0.4, -0.2) is 16.0 Å². The number of anilines is 2. The fraction of sp³-hybridized carbons (Fsp3) is 0. The lowest BCUT2D eigenvalue weighted by molar-refractivity contribution is 1.17. The molecule has 0 atom stereocenters. The Labute approximate surface area is 265 Å². The van der Waals surface area contributed by atoms with Crippen molar-refractivity contribution in [2.45, 2.75) is 0 Å². The molecule has 0 fully saturated rings. The zero-order valence-corrected chi connectivity index (χ0v) is 24.8. The summed E-state index contributed by atoms with van der Waals surface area (Å²) in [6.07, 6.45) is 0. The number of hydrogen-bond acceptors (Lipinski definition) is 1. The van der Waals surface area contributed by atoms with Gasteiger partial charge in [0, 0.05) is 55.4 Å². The van der Waals surface area contributed by atoms with Gasteiger partial charge in [-0.05, 0) is 70.6 Å². The van der Waals surface area contributed by atoms with Crippen molar-refractivity contribution in [3.05, 3.63) is 146 Å². The predicted octanol–water partition coefficient (Wildman–Crippen LogP) is 9.10. The van der Waals surface area contributed by atoms with Crippen molar-refractivity contribution >= 4 is 72.8 Å². The number of aromatic nitrogens is 2. The molecule has 0 bridgehead atoms. The molecule has 0 amide bonds. The van der Waals surface area contributed by atoms with E-state index in [0.29, 0.717) is 0 Å². The van der Waals surface area contributed by atoms with Crippen molar-refractivity contribution in [2.24, 2.45) is 0 Å². The van der Waals surface area contributed by atoms with E-state index in [0.717, 1.165) is 0 Å². The maximum Gasteiger partial charge on any atom is 0.333 e. The molecule has 3 nitrogen and oxygen atoms in total. The van der Waals surface area contributed by atoms with Crippen LogP contribution in [0.15, 0.2) is 146 Å². The van der Waals surface area contributed by atoms with Crippen molar-refractivity contribution in [1.29, 1.82) is 0 Å². The normalized spacial score (nSPS) is 13.6. The van der Waals surface area contributed by atoms with Gasteiger partial charge < -0.3 is 13.9 Å². The summed E-state index contributed by atoms with van der Waals surface area (Å²) in [5, 5.41) is 5.27. The molecule has 0 aliphatic carbocycles. The second kappa shape index (κ2) is 7.98. The fourth-order valence-corrected chi connectivity index (χ4v) is 9.20. The SMILES string of the molecule is c1ccc(-n2c3ccccc3c3c4c5ccc6c7c5n(c4ccc32)-c2cccc3c2B7N(c2ccccc2-3)c2ccccc2-6)cc1. The number of fused-ring (bicyclic) bond motifs is 14. The highest BCUT2D eigenvalue weighted by Crippen LogP contribution is 2.50. The van der Waals surface area contributed by atoms with Crippen molar-refractivity contribution in [3.8, 4) is 33.6 Å². The molecule has 9 aromatic rings. The van der Waals surface area contributed by atoms with Gasteiger partial charge in [0.25, 0.3) is 0 Å². The lowest BCUT2D eigenvalue weighted by Gasteiger charge is -2.46. The zero-order valence-electron chi connectivity index (χ0n) is 24.8. The van der Waals surface area contributed by atoms with Crippen LogP contribution in [0.4, 0.5) is 11.4 Å². The molecule has 0 saturated heterocycles. The molecule has 0 spiro atoms. The molecular formula is C42H24BN3. The van der Waals surface area contributed by atoms with Crippen molar-refractivity contribution < 1.29 is 0 Å². The highest BCUT2D eigenvalue weighted by Gasteiger charge is 2.47.